The Balaban J connectivity index is 4.10. The molecule has 0 aliphatic heterocycles. The summed E-state index contributed by atoms with van der Waals surface area (Å²) >= 11 is 0. The number of hydrogen-bond donors (Lipinski definition) is 0. The van der Waals surface area contributed by atoms with E-state index in [4.69, 9.17) is 14.2 Å². The molecule has 0 aromatic carbocycles. The lowest BCUT2D eigenvalue weighted by molar-refractivity contribution is -0.167. The minimum absolute atomic E-state index is 0.0656. The van der Waals surface area contributed by atoms with Crippen molar-refractivity contribution in [1.82, 2.24) is 0 Å². The van der Waals surface area contributed by atoms with E-state index in [0.717, 1.165) is 70.1 Å². The lowest BCUT2D eigenvalue weighted by Gasteiger charge is -2.18. The van der Waals surface area contributed by atoms with Crippen LogP contribution in [0.2, 0.25) is 0 Å². The van der Waals surface area contributed by atoms with E-state index in [9.17, 15) is 14.4 Å². The van der Waals surface area contributed by atoms with Crippen LogP contribution in [0.3, 0.4) is 0 Å². The Kier molecular flexibility index (Phi) is 36.4. The molecule has 0 heterocycles. The minimum Gasteiger partial charge on any atom is -0.462 e. The van der Waals surface area contributed by atoms with E-state index >= 15 is 0 Å². The van der Waals surface area contributed by atoms with Gasteiger partial charge in [0.05, 0.1) is 0 Å². The fourth-order valence-electron chi connectivity index (χ4n) is 6.27. The Bertz CT molecular complexity index is 736. The Morgan fingerprint density at radius 1 is 0.388 bits per heavy atom. The molecule has 0 spiro atoms. The molecular formula is C43H82O6. The predicted octanol–water partition coefficient (Wildman–Crippen LogP) is 13.2. The van der Waals surface area contributed by atoms with Crippen LogP contribution in [0.15, 0.2) is 0 Å². The predicted molar refractivity (Wildman–Crippen MR) is 206 cm³/mol. The number of unbranched alkanes of at least 4 members (excludes halogenated alkanes) is 25. The lowest BCUT2D eigenvalue weighted by Crippen LogP contribution is -2.30. The van der Waals surface area contributed by atoms with Gasteiger partial charge in [0.15, 0.2) is 6.10 Å². The molecule has 0 aromatic rings. The molecule has 0 unspecified atom stereocenters. The van der Waals surface area contributed by atoms with Crippen molar-refractivity contribution in [1.29, 1.82) is 0 Å². The van der Waals surface area contributed by atoms with Gasteiger partial charge in [-0.2, -0.15) is 0 Å². The molecule has 0 saturated heterocycles. The first-order valence-corrected chi connectivity index (χ1v) is 21.4. The van der Waals surface area contributed by atoms with Gasteiger partial charge in [0.25, 0.3) is 0 Å². The van der Waals surface area contributed by atoms with Crippen molar-refractivity contribution in [2.24, 2.45) is 5.92 Å². The molecule has 0 aromatic heterocycles. The van der Waals surface area contributed by atoms with Gasteiger partial charge < -0.3 is 14.2 Å². The standard InChI is InChI=1S/C43H82O6/c1-5-7-9-11-12-19-23-27-30-34-41(44)47-37-40(49-43(46)36-32-25-10-8-6-2)38-48-42(45)35-31-28-24-21-18-16-14-13-15-17-20-22-26-29-33-39(3)4/h39-40H,5-38H2,1-4H3/t40-/m1/s1. The highest BCUT2D eigenvalue weighted by Crippen LogP contribution is 2.16. The molecule has 0 rings (SSSR count). The largest absolute Gasteiger partial charge is 0.462 e. The Labute approximate surface area is 304 Å². The summed E-state index contributed by atoms with van der Waals surface area (Å²) < 4.78 is 16.5. The van der Waals surface area contributed by atoms with Gasteiger partial charge in [0.1, 0.15) is 13.2 Å². The molecular weight excluding hydrogens is 612 g/mol. The first-order chi connectivity index (χ1) is 23.9. The summed E-state index contributed by atoms with van der Waals surface area (Å²) in [5, 5.41) is 0. The van der Waals surface area contributed by atoms with E-state index in [1.54, 1.807) is 0 Å². The van der Waals surface area contributed by atoms with Crippen LogP contribution in [0.5, 0.6) is 0 Å². The summed E-state index contributed by atoms with van der Waals surface area (Å²) in [7, 11) is 0. The average molecular weight is 695 g/mol. The smallest absolute Gasteiger partial charge is 0.306 e. The van der Waals surface area contributed by atoms with Gasteiger partial charge in [0.2, 0.25) is 0 Å². The van der Waals surface area contributed by atoms with Crippen LogP contribution in [-0.2, 0) is 28.6 Å². The SMILES string of the molecule is CCCCCCCCCCCC(=O)OC[C@H](COC(=O)CCCCCCCCCCCCCCCCC(C)C)OC(=O)CCCCCCC. The number of esters is 3. The molecule has 6 nitrogen and oxygen atoms in total. The average Bonchev–Trinajstić information content (AvgIpc) is 3.08. The van der Waals surface area contributed by atoms with Gasteiger partial charge in [-0.25, -0.2) is 0 Å². The van der Waals surface area contributed by atoms with Crippen molar-refractivity contribution in [3.05, 3.63) is 0 Å². The molecule has 6 heteroatoms. The third-order valence-corrected chi connectivity index (χ3v) is 9.54. The first kappa shape index (κ1) is 47.4. The Morgan fingerprint density at radius 3 is 1.00 bits per heavy atom. The van der Waals surface area contributed by atoms with E-state index in [1.165, 1.54) is 122 Å². The van der Waals surface area contributed by atoms with Crippen molar-refractivity contribution in [2.45, 2.75) is 239 Å². The van der Waals surface area contributed by atoms with Crippen LogP contribution in [0.25, 0.3) is 0 Å². The van der Waals surface area contributed by atoms with Crippen LogP contribution in [-0.4, -0.2) is 37.2 Å². The van der Waals surface area contributed by atoms with Gasteiger partial charge in [-0.15, -0.1) is 0 Å². The maximum absolute atomic E-state index is 12.5. The van der Waals surface area contributed by atoms with Gasteiger partial charge in [-0.3, -0.25) is 14.4 Å². The quantitative estimate of drug-likeness (QED) is 0.0364. The summed E-state index contributed by atoms with van der Waals surface area (Å²) in [5.41, 5.74) is 0. The number of ether oxygens (including phenoxy) is 3. The Morgan fingerprint density at radius 2 is 0.673 bits per heavy atom. The summed E-state index contributed by atoms with van der Waals surface area (Å²) in [5.74, 6) is -0.0304. The van der Waals surface area contributed by atoms with Crippen molar-refractivity contribution in [2.75, 3.05) is 13.2 Å². The monoisotopic (exact) mass is 695 g/mol. The molecule has 0 aliphatic carbocycles. The fourth-order valence-corrected chi connectivity index (χ4v) is 6.27. The van der Waals surface area contributed by atoms with E-state index in [0.29, 0.717) is 19.3 Å². The van der Waals surface area contributed by atoms with E-state index in [1.807, 2.05) is 0 Å². The summed E-state index contributed by atoms with van der Waals surface area (Å²) in [6, 6.07) is 0. The zero-order valence-electron chi connectivity index (χ0n) is 33.1. The topological polar surface area (TPSA) is 78.9 Å². The lowest BCUT2D eigenvalue weighted by atomic mass is 10.0. The normalized spacial score (nSPS) is 11.9. The van der Waals surface area contributed by atoms with Gasteiger partial charge in [0, 0.05) is 19.3 Å². The third-order valence-electron chi connectivity index (χ3n) is 9.54. The summed E-state index contributed by atoms with van der Waals surface area (Å²) in [6.07, 6.45) is 35.5. The third kappa shape index (κ3) is 37.5. The van der Waals surface area contributed by atoms with Crippen molar-refractivity contribution in [3.63, 3.8) is 0 Å². The molecule has 0 amide bonds. The highest BCUT2D eigenvalue weighted by molar-refractivity contribution is 5.71. The van der Waals surface area contributed by atoms with Crippen LogP contribution in [0.4, 0.5) is 0 Å². The fraction of sp³-hybridized carbons (Fsp3) is 0.930. The van der Waals surface area contributed by atoms with E-state index < -0.39 is 6.10 Å². The van der Waals surface area contributed by atoms with Crippen molar-refractivity contribution < 1.29 is 28.6 Å². The van der Waals surface area contributed by atoms with Gasteiger partial charge in [-0.05, 0) is 25.2 Å². The molecule has 0 saturated carbocycles. The number of hydrogen-bond acceptors (Lipinski definition) is 6. The van der Waals surface area contributed by atoms with Crippen molar-refractivity contribution >= 4 is 17.9 Å². The number of carbonyl (C=O) groups is 3. The molecule has 0 aliphatic rings. The summed E-state index contributed by atoms with van der Waals surface area (Å²) in [4.78, 5) is 37.3. The first-order valence-electron chi connectivity index (χ1n) is 21.4. The maximum Gasteiger partial charge on any atom is 0.306 e. The van der Waals surface area contributed by atoms with Crippen molar-refractivity contribution in [3.8, 4) is 0 Å². The van der Waals surface area contributed by atoms with Gasteiger partial charge >= 0.3 is 17.9 Å². The second kappa shape index (κ2) is 37.7. The zero-order chi connectivity index (χ0) is 36.0. The number of carbonyl (C=O) groups excluding carboxylic acids is 3. The molecule has 1 atom stereocenters. The van der Waals surface area contributed by atoms with E-state index in [-0.39, 0.29) is 31.1 Å². The highest BCUT2D eigenvalue weighted by atomic mass is 16.6. The van der Waals surface area contributed by atoms with E-state index in [2.05, 4.69) is 27.7 Å². The molecule has 0 bridgehead atoms. The van der Waals surface area contributed by atoms with Crippen LogP contribution in [0.1, 0.15) is 233 Å². The maximum atomic E-state index is 12.5. The highest BCUT2D eigenvalue weighted by Gasteiger charge is 2.19. The zero-order valence-corrected chi connectivity index (χ0v) is 33.1. The second-order valence-electron chi connectivity index (χ2n) is 15.1. The van der Waals surface area contributed by atoms with Crippen LogP contribution in [0, 0.1) is 5.92 Å². The minimum atomic E-state index is -0.756. The molecule has 0 fully saturated rings. The number of rotatable bonds is 38. The summed E-state index contributed by atoms with van der Waals surface area (Å²) in [6.45, 7) is 8.90. The van der Waals surface area contributed by atoms with Crippen LogP contribution < -0.4 is 0 Å². The second-order valence-corrected chi connectivity index (χ2v) is 15.1. The molecule has 0 N–H and O–H groups in total. The Hall–Kier alpha value is -1.59. The molecule has 49 heavy (non-hydrogen) atoms. The van der Waals surface area contributed by atoms with Gasteiger partial charge in [-0.1, -0.05) is 195 Å². The molecule has 290 valence electrons. The molecule has 0 radical (unpaired) electrons. The van der Waals surface area contributed by atoms with Crippen LogP contribution >= 0.6 is 0 Å².